The zero-order valence-corrected chi connectivity index (χ0v) is 15.2. The largest absolute Gasteiger partial charge is 0.451 e. The van der Waals surface area contributed by atoms with Gasteiger partial charge in [-0.05, 0) is 57.1 Å². The second-order valence-electron chi connectivity index (χ2n) is 8.11. The van der Waals surface area contributed by atoms with Crippen LogP contribution in [0.25, 0.3) is 0 Å². The molecule has 2 rings (SSSR count). The summed E-state index contributed by atoms with van der Waals surface area (Å²) in [6.07, 6.45) is 0.0393. The second kappa shape index (κ2) is 6.98. The monoisotopic (exact) mass is 343 g/mol. The first-order chi connectivity index (χ1) is 11.0. The highest BCUT2D eigenvalue weighted by Crippen LogP contribution is 2.39. The molecule has 0 aromatic carbocycles. The fourth-order valence-electron chi connectivity index (χ4n) is 3.61. The lowest BCUT2D eigenvalue weighted by Crippen LogP contribution is -2.37. The zero-order valence-electron chi connectivity index (χ0n) is 15.2. The molecule has 3 nitrogen and oxygen atoms in total. The van der Waals surface area contributed by atoms with Crippen molar-refractivity contribution >= 4 is 0 Å². The Balaban J connectivity index is 2.01. The van der Waals surface area contributed by atoms with Crippen LogP contribution in [0.15, 0.2) is 6.07 Å². The van der Waals surface area contributed by atoms with Crippen LogP contribution < -0.4 is 0 Å². The molecule has 1 fully saturated rings. The molecule has 0 spiro atoms. The third kappa shape index (κ3) is 4.91. The summed E-state index contributed by atoms with van der Waals surface area (Å²) in [5, 5.41) is 0. The number of aromatic nitrogens is 2. The number of hydrogen-bond acceptors (Lipinski definition) is 3. The Morgan fingerprint density at radius 1 is 1.08 bits per heavy atom. The van der Waals surface area contributed by atoms with E-state index in [4.69, 9.17) is 0 Å². The van der Waals surface area contributed by atoms with Gasteiger partial charge in [-0.3, -0.25) is 4.90 Å². The Kier molecular flexibility index (Phi) is 5.57. The van der Waals surface area contributed by atoms with Crippen molar-refractivity contribution in [1.82, 2.24) is 14.9 Å². The molecule has 24 heavy (non-hydrogen) atoms. The summed E-state index contributed by atoms with van der Waals surface area (Å²) in [6.45, 7) is 8.85. The maximum Gasteiger partial charge on any atom is 0.451 e. The molecule has 1 aliphatic carbocycles. The summed E-state index contributed by atoms with van der Waals surface area (Å²) < 4.78 is 38.6. The first kappa shape index (κ1) is 19.2. The molecule has 0 saturated heterocycles. The zero-order chi connectivity index (χ0) is 18.1. The number of aryl methyl sites for hydroxylation is 1. The minimum Gasteiger partial charge on any atom is -0.298 e. The Bertz CT molecular complexity index is 556. The normalized spacial score (nSPS) is 22.9. The van der Waals surface area contributed by atoms with E-state index in [1.165, 1.54) is 12.8 Å². The first-order valence-corrected chi connectivity index (χ1v) is 8.59. The molecule has 1 saturated carbocycles. The lowest BCUT2D eigenvalue weighted by molar-refractivity contribution is -0.145. The summed E-state index contributed by atoms with van der Waals surface area (Å²) in [5.41, 5.74) is 1.13. The van der Waals surface area contributed by atoms with Gasteiger partial charge in [-0.25, -0.2) is 9.97 Å². The van der Waals surface area contributed by atoms with E-state index in [9.17, 15) is 13.2 Å². The lowest BCUT2D eigenvalue weighted by atomic mass is 9.71. The van der Waals surface area contributed by atoms with Gasteiger partial charge < -0.3 is 0 Å². The van der Waals surface area contributed by atoms with E-state index in [1.807, 2.05) is 7.05 Å². The summed E-state index contributed by atoms with van der Waals surface area (Å²) in [4.78, 5) is 9.36. The van der Waals surface area contributed by atoms with Crippen molar-refractivity contribution in [2.24, 2.45) is 11.3 Å². The average molecular weight is 343 g/mol. The molecule has 1 heterocycles. The quantitative estimate of drug-likeness (QED) is 0.786. The van der Waals surface area contributed by atoms with Gasteiger partial charge in [-0.15, -0.1) is 0 Å². The van der Waals surface area contributed by atoms with Crippen LogP contribution >= 0.6 is 0 Å². The summed E-state index contributed by atoms with van der Waals surface area (Å²) in [7, 11) is 1.98. The number of nitrogens with zero attached hydrogens (tertiary/aromatic N) is 3. The molecule has 0 unspecified atom stereocenters. The lowest BCUT2D eigenvalue weighted by Gasteiger charge is -2.40. The molecule has 0 aliphatic heterocycles. The third-order valence-corrected chi connectivity index (χ3v) is 5.12. The fraction of sp³-hybridized carbons (Fsp3) is 0.778. The average Bonchev–Trinajstić information content (AvgIpc) is 2.45. The number of alkyl halides is 3. The van der Waals surface area contributed by atoms with E-state index >= 15 is 0 Å². The van der Waals surface area contributed by atoms with Gasteiger partial charge in [0.25, 0.3) is 0 Å². The van der Waals surface area contributed by atoms with Gasteiger partial charge in [0.2, 0.25) is 5.82 Å². The van der Waals surface area contributed by atoms with E-state index < -0.39 is 12.0 Å². The van der Waals surface area contributed by atoms with Crippen molar-refractivity contribution in [3.63, 3.8) is 0 Å². The van der Waals surface area contributed by atoms with Crippen molar-refractivity contribution in [3.05, 3.63) is 23.3 Å². The van der Waals surface area contributed by atoms with Gasteiger partial charge in [0.15, 0.2) is 0 Å². The molecular weight excluding hydrogens is 315 g/mol. The van der Waals surface area contributed by atoms with Gasteiger partial charge in [-0.1, -0.05) is 20.8 Å². The number of halogens is 3. The van der Waals surface area contributed by atoms with Crippen LogP contribution in [0.4, 0.5) is 13.2 Å². The predicted octanol–water partition coefficient (Wildman–Crippen LogP) is 4.84. The third-order valence-electron chi connectivity index (χ3n) is 5.12. The molecular formula is C18H28F3N3. The van der Waals surface area contributed by atoms with E-state index in [2.05, 4.69) is 35.6 Å². The van der Waals surface area contributed by atoms with Gasteiger partial charge in [0.1, 0.15) is 0 Å². The van der Waals surface area contributed by atoms with Crippen molar-refractivity contribution in [2.45, 2.75) is 72.1 Å². The molecule has 0 atom stereocenters. The standard InChI is InChI=1S/C18H28F3N3/c1-12-10-14(23-16(22-12)18(19,20)21)11-24(5)15-8-6-13(7-9-15)17(2,3)4/h10,13,15H,6-9,11H2,1-5H3. The molecule has 1 aromatic heterocycles. The Morgan fingerprint density at radius 3 is 2.17 bits per heavy atom. The molecule has 0 radical (unpaired) electrons. The molecule has 1 aliphatic rings. The Hall–Kier alpha value is -1.17. The van der Waals surface area contributed by atoms with E-state index in [0.29, 0.717) is 29.4 Å². The molecule has 1 aromatic rings. The highest BCUT2D eigenvalue weighted by atomic mass is 19.4. The summed E-state index contributed by atoms with van der Waals surface area (Å²) >= 11 is 0. The van der Waals surface area contributed by atoms with Crippen molar-refractivity contribution in [2.75, 3.05) is 7.05 Å². The molecule has 6 heteroatoms. The van der Waals surface area contributed by atoms with Crippen LogP contribution in [-0.4, -0.2) is 28.0 Å². The van der Waals surface area contributed by atoms with Crippen LogP contribution in [-0.2, 0) is 12.7 Å². The highest BCUT2D eigenvalue weighted by Gasteiger charge is 2.35. The highest BCUT2D eigenvalue weighted by molar-refractivity contribution is 5.11. The van der Waals surface area contributed by atoms with Gasteiger partial charge in [0.05, 0.1) is 5.69 Å². The molecule has 0 amide bonds. The summed E-state index contributed by atoms with van der Waals surface area (Å²) in [5.74, 6) is -0.317. The molecule has 0 N–H and O–H groups in total. The minimum absolute atomic E-state index is 0.328. The Morgan fingerprint density at radius 2 is 1.67 bits per heavy atom. The first-order valence-electron chi connectivity index (χ1n) is 8.59. The number of hydrogen-bond donors (Lipinski definition) is 0. The Labute approximate surface area is 142 Å². The van der Waals surface area contributed by atoms with Gasteiger partial charge >= 0.3 is 6.18 Å². The van der Waals surface area contributed by atoms with Gasteiger partial charge in [0, 0.05) is 18.3 Å². The minimum atomic E-state index is -4.50. The van der Waals surface area contributed by atoms with Crippen molar-refractivity contribution in [1.29, 1.82) is 0 Å². The molecule has 136 valence electrons. The van der Waals surface area contributed by atoms with Crippen LogP contribution in [0.1, 0.15) is 63.7 Å². The van der Waals surface area contributed by atoms with E-state index in [1.54, 1.807) is 13.0 Å². The second-order valence-corrected chi connectivity index (χ2v) is 8.11. The van der Waals surface area contributed by atoms with E-state index in [-0.39, 0.29) is 0 Å². The molecule has 0 bridgehead atoms. The van der Waals surface area contributed by atoms with Crippen molar-refractivity contribution in [3.8, 4) is 0 Å². The van der Waals surface area contributed by atoms with Crippen LogP contribution in [0, 0.1) is 18.3 Å². The SMILES string of the molecule is Cc1cc(CN(C)C2CCC(C(C)(C)C)CC2)nc(C(F)(F)F)n1. The van der Waals surface area contributed by atoms with Crippen LogP contribution in [0.3, 0.4) is 0 Å². The smallest absolute Gasteiger partial charge is 0.298 e. The van der Waals surface area contributed by atoms with Crippen LogP contribution in [0.5, 0.6) is 0 Å². The van der Waals surface area contributed by atoms with Crippen LogP contribution in [0.2, 0.25) is 0 Å². The predicted molar refractivity (Wildman–Crippen MR) is 88.4 cm³/mol. The maximum atomic E-state index is 12.9. The summed E-state index contributed by atoms with van der Waals surface area (Å²) in [6, 6.07) is 2.06. The maximum absolute atomic E-state index is 12.9. The number of rotatable bonds is 3. The van der Waals surface area contributed by atoms with Gasteiger partial charge in [-0.2, -0.15) is 13.2 Å². The van der Waals surface area contributed by atoms with E-state index in [0.717, 1.165) is 18.8 Å². The van der Waals surface area contributed by atoms with Crippen molar-refractivity contribution < 1.29 is 13.2 Å². The fourth-order valence-corrected chi connectivity index (χ4v) is 3.61. The topological polar surface area (TPSA) is 29.0 Å².